The molecule has 0 aromatic carbocycles. The summed E-state index contributed by atoms with van der Waals surface area (Å²) in [5.74, 6) is -0.415. The molecule has 0 fully saturated rings. The predicted molar refractivity (Wildman–Crippen MR) is 58.8 cm³/mol. The lowest BCUT2D eigenvalue weighted by Crippen LogP contribution is -2.35. The van der Waals surface area contributed by atoms with Crippen molar-refractivity contribution < 1.29 is 23.2 Å². The van der Waals surface area contributed by atoms with E-state index < -0.39 is 35.3 Å². The third-order valence-corrected chi connectivity index (χ3v) is 2.03. The van der Waals surface area contributed by atoms with Crippen LogP contribution in [0.3, 0.4) is 0 Å². The molecule has 0 aliphatic heterocycles. The summed E-state index contributed by atoms with van der Waals surface area (Å²) < 4.78 is 36.3. The Morgan fingerprint density at radius 1 is 1.58 bits per heavy atom. The molecule has 8 nitrogen and oxygen atoms in total. The number of hydrogen-bond acceptors (Lipinski definition) is 7. The van der Waals surface area contributed by atoms with E-state index in [4.69, 9.17) is 5.11 Å². The van der Waals surface area contributed by atoms with E-state index >= 15 is 0 Å². The molecule has 1 rings (SSSR count). The van der Waals surface area contributed by atoms with Crippen molar-refractivity contribution in [3.63, 3.8) is 0 Å². The van der Waals surface area contributed by atoms with Gasteiger partial charge in [0.25, 0.3) is 0 Å². The Hall–Kier alpha value is -2.17. The van der Waals surface area contributed by atoms with Crippen LogP contribution >= 0.6 is 0 Å². The van der Waals surface area contributed by atoms with Gasteiger partial charge in [-0.2, -0.15) is 18.2 Å². The lowest BCUT2D eigenvalue weighted by molar-refractivity contribution is -0.384. The molecule has 3 N–H and O–H groups in total. The highest BCUT2D eigenvalue weighted by atomic mass is 19.4. The first-order valence-electron chi connectivity index (χ1n) is 4.93. The Labute approximate surface area is 104 Å². The zero-order chi connectivity index (χ0) is 14.6. The van der Waals surface area contributed by atoms with Gasteiger partial charge >= 0.3 is 11.9 Å². The van der Waals surface area contributed by atoms with E-state index in [0.29, 0.717) is 0 Å². The number of nitrogens with one attached hydrogen (secondary N) is 2. The largest absolute Gasteiger partial charge is 0.416 e. The molecule has 0 aliphatic rings. The van der Waals surface area contributed by atoms with E-state index in [2.05, 4.69) is 20.6 Å². The quantitative estimate of drug-likeness (QED) is 0.539. The number of aliphatic hydroxyl groups is 1. The van der Waals surface area contributed by atoms with E-state index in [-0.39, 0.29) is 5.95 Å². The molecule has 1 heterocycles. The second-order valence-corrected chi connectivity index (χ2v) is 3.37. The van der Waals surface area contributed by atoms with Crippen LogP contribution in [0.5, 0.6) is 0 Å². The van der Waals surface area contributed by atoms with Gasteiger partial charge in [0.2, 0.25) is 11.8 Å². The highest BCUT2D eigenvalue weighted by Gasteiger charge is 2.38. The Morgan fingerprint density at radius 2 is 2.21 bits per heavy atom. The molecule has 19 heavy (non-hydrogen) atoms. The summed E-state index contributed by atoms with van der Waals surface area (Å²) in [5.41, 5.74) is -0.589. The van der Waals surface area contributed by atoms with Crippen LogP contribution < -0.4 is 10.6 Å². The average Bonchev–Trinajstić information content (AvgIpc) is 2.33. The minimum atomic E-state index is -4.82. The first kappa shape index (κ1) is 14.9. The predicted octanol–water partition coefficient (Wildman–Crippen LogP) is 0.762. The molecule has 0 saturated carbocycles. The van der Waals surface area contributed by atoms with Crippen molar-refractivity contribution in [3.8, 4) is 0 Å². The van der Waals surface area contributed by atoms with E-state index in [9.17, 15) is 23.3 Å². The Kier molecular flexibility index (Phi) is 4.43. The molecule has 0 bridgehead atoms. The van der Waals surface area contributed by atoms with E-state index in [0.717, 1.165) is 6.20 Å². The summed E-state index contributed by atoms with van der Waals surface area (Å²) >= 11 is 0. The highest BCUT2D eigenvalue weighted by molar-refractivity contribution is 5.56. The standard InChI is InChI=1S/C8H10F3N5O3/c1-12-7-14-2-4(16(18)19)6(15-7)13-3-5(17)8(9,10)11/h2,5,17H,3H2,1H3,(H2,12,13,14,15). The van der Waals surface area contributed by atoms with Gasteiger partial charge in [0.05, 0.1) is 11.5 Å². The van der Waals surface area contributed by atoms with Crippen LogP contribution in [-0.2, 0) is 0 Å². The summed E-state index contributed by atoms with van der Waals surface area (Å²) in [6.07, 6.45) is -6.62. The highest BCUT2D eigenvalue weighted by Crippen LogP contribution is 2.24. The maximum atomic E-state index is 12.1. The zero-order valence-electron chi connectivity index (χ0n) is 9.60. The SMILES string of the molecule is CNc1ncc([N+](=O)[O-])c(NCC(O)C(F)(F)F)n1. The van der Waals surface area contributed by atoms with Crippen molar-refractivity contribution in [2.24, 2.45) is 0 Å². The van der Waals surface area contributed by atoms with Gasteiger partial charge in [0, 0.05) is 7.05 Å². The Morgan fingerprint density at radius 3 is 2.68 bits per heavy atom. The number of anilines is 2. The maximum Gasteiger partial charge on any atom is 0.416 e. The van der Waals surface area contributed by atoms with E-state index in [1.807, 2.05) is 0 Å². The van der Waals surface area contributed by atoms with Gasteiger partial charge in [0.1, 0.15) is 6.20 Å². The number of nitro groups is 1. The molecular weight excluding hydrogens is 271 g/mol. The minimum absolute atomic E-state index is 0.00500. The third kappa shape index (κ3) is 3.91. The summed E-state index contributed by atoms with van der Waals surface area (Å²) in [4.78, 5) is 17.0. The summed E-state index contributed by atoms with van der Waals surface area (Å²) in [5, 5.41) is 24.0. The number of hydrogen-bond donors (Lipinski definition) is 3. The molecule has 1 unspecified atom stereocenters. The molecule has 0 saturated heterocycles. The fourth-order valence-electron chi connectivity index (χ4n) is 1.07. The maximum absolute atomic E-state index is 12.1. The van der Waals surface area contributed by atoms with Gasteiger partial charge in [-0.25, -0.2) is 4.98 Å². The monoisotopic (exact) mass is 281 g/mol. The number of nitrogens with zero attached hydrogens (tertiary/aromatic N) is 3. The van der Waals surface area contributed by atoms with Gasteiger partial charge in [-0.1, -0.05) is 0 Å². The van der Waals surface area contributed by atoms with Crippen molar-refractivity contribution in [2.45, 2.75) is 12.3 Å². The van der Waals surface area contributed by atoms with Crippen LogP contribution in [-0.4, -0.2) is 45.9 Å². The number of aliphatic hydroxyl groups excluding tert-OH is 1. The van der Waals surface area contributed by atoms with E-state index in [1.165, 1.54) is 7.05 Å². The van der Waals surface area contributed by atoms with Gasteiger partial charge in [-0.3, -0.25) is 10.1 Å². The smallest absolute Gasteiger partial charge is 0.382 e. The molecule has 0 amide bonds. The lowest BCUT2D eigenvalue weighted by Gasteiger charge is -2.15. The van der Waals surface area contributed by atoms with Crippen LogP contribution in [0.15, 0.2) is 6.20 Å². The number of aromatic nitrogens is 2. The molecule has 1 atom stereocenters. The second kappa shape index (κ2) is 5.65. The molecule has 106 valence electrons. The molecule has 0 radical (unpaired) electrons. The first-order valence-corrected chi connectivity index (χ1v) is 4.93. The molecular formula is C8H10F3N5O3. The first-order chi connectivity index (χ1) is 8.75. The van der Waals surface area contributed by atoms with Crippen LogP contribution in [0.1, 0.15) is 0 Å². The molecule has 0 spiro atoms. The zero-order valence-corrected chi connectivity index (χ0v) is 9.60. The number of alkyl halides is 3. The van der Waals surface area contributed by atoms with Gasteiger partial charge in [0.15, 0.2) is 6.10 Å². The minimum Gasteiger partial charge on any atom is -0.382 e. The van der Waals surface area contributed by atoms with Gasteiger partial charge in [-0.15, -0.1) is 0 Å². The fraction of sp³-hybridized carbons (Fsp3) is 0.500. The van der Waals surface area contributed by atoms with Crippen molar-refractivity contribution in [3.05, 3.63) is 16.3 Å². The van der Waals surface area contributed by atoms with Crippen LogP contribution in [0.2, 0.25) is 0 Å². The van der Waals surface area contributed by atoms with Crippen LogP contribution in [0.4, 0.5) is 30.6 Å². The second-order valence-electron chi connectivity index (χ2n) is 3.37. The third-order valence-electron chi connectivity index (χ3n) is 2.03. The number of halogens is 3. The van der Waals surface area contributed by atoms with Crippen molar-refractivity contribution in [1.82, 2.24) is 9.97 Å². The van der Waals surface area contributed by atoms with Crippen LogP contribution in [0, 0.1) is 10.1 Å². The Bertz CT molecular complexity index is 467. The van der Waals surface area contributed by atoms with Gasteiger partial charge in [-0.05, 0) is 0 Å². The normalized spacial score (nSPS) is 12.9. The lowest BCUT2D eigenvalue weighted by atomic mass is 10.3. The summed E-state index contributed by atoms with van der Waals surface area (Å²) in [6, 6.07) is 0. The van der Waals surface area contributed by atoms with E-state index in [1.54, 1.807) is 0 Å². The fourth-order valence-corrected chi connectivity index (χ4v) is 1.07. The van der Waals surface area contributed by atoms with Gasteiger partial charge < -0.3 is 15.7 Å². The molecule has 1 aromatic heterocycles. The topological polar surface area (TPSA) is 113 Å². The van der Waals surface area contributed by atoms with Crippen molar-refractivity contribution >= 4 is 17.5 Å². The molecule has 11 heteroatoms. The average molecular weight is 281 g/mol. The van der Waals surface area contributed by atoms with Crippen molar-refractivity contribution in [2.75, 3.05) is 24.2 Å². The Balaban J connectivity index is 2.89. The number of rotatable bonds is 5. The molecule has 1 aromatic rings. The molecule has 0 aliphatic carbocycles. The summed E-state index contributed by atoms with van der Waals surface area (Å²) in [7, 11) is 1.44. The van der Waals surface area contributed by atoms with Crippen molar-refractivity contribution in [1.29, 1.82) is 0 Å². The summed E-state index contributed by atoms with van der Waals surface area (Å²) in [6.45, 7) is -0.954. The van der Waals surface area contributed by atoms with Crippen LogP contribution in [0.25, 0.3) is 0 Å².